The number of aryl methyl sites for hydroxylation is 3. The first-order valence-corrected chi connectivity index (χ1v) is 44.8. The molecule has 657 valence electrons. The van der Waals surface area contributed by atoms with Crippen molar-refractivity contribution in [2.24, 2.45) is 21.1 Å². The van der Waals surface area contributed by atoms with Crippen LogP contribution in [-0.2, 0) is 49.6 Å². The summed E-state index contributed by atoms with van der Waals surface area (Å²) >= 11 is 25.3. The normalized spacial score (nSPS) is 16.0. The Morgan fingerprint density at radius 3 is 1.31 bits per heavy atom. The SMILES string of the molecule is C[C@@H]1CN(c2ccc(-c3c([O-])c4cccc(Cl)c4n[n+]3C)cc2)C[C@H](C)O1.C[C@@H]1CN(c2ccc(O[B]O)cc2)C[C@H](C)O1.C[P+](=O)S.C[n+]1nc2c(Cl)cccc2c([O-])c1I.O=CO[O-].O=c1c(I)n[nH]c2c(Cl)cccc12.[2H]CF.[C-]#[N+]c1ccc(-c2cccc3c([O-])c(-c4ccc(N5C[C@@H](C)O[C@@H](C)C5)cc4)[n+](C)nc23)cc1.[C-]#[N+]c1ccc(B(O)O)cc1.[H-].[K+].[K+]. The van der Waals surface area contributed by atoms with Crippen LogP contribution in [0.25, 0.3) is 86.9 Å². The van der Waals surface area contributed by atoms with E-state index < -0.39 is 21.3 Å². The minimum absolute atomic E-state index is 0. The van der Waals surface area contributed by atoms with Crippen molar-refractivity contribution in [3.63, 3.8) is 0 Å². The summed E-state index contributed by atoms with van der Waals surface area (Å²) in [5.74, 6) is 0.492. The topological polar surface area (TPSA) is 348 Å². The molecule has 128 heavy (non-hydrogen) atoms. The molecule has 0 saturated carbocycles. The molecular weight excluding hydrogens is 2020 g/mol. The Labute approximate surface area is 878 Å². The summed E-state index contributed by atoms with van der Waals surface area (Å²) in [6.07, 6.45) is 1.28. The molecule has 13 aromatic rings. The number of nitrogens with zero attached hydrogens (tertiary/aromatic N) is 12. The van der Waals surface area contributed by atoms with Crippen molar-refractivity contribution in [2.45, 2.75) is 78.2 Å². The van der Waals surface area contributed by atoms with Crippen molar-refractivity contribution < 1.29 is 193 Å². The summed E-state index contributed by atoms with van der Waals surface area (Å²) in [6.45, 7) is 32.9. The molecular formula is C88H90B2Cl3FI2K2N13O15PS+. The van der Waals surface area contributed by atoms with Gasteiger partial charge in [-0.2, -0.15) is 5.10 Å². The number of alkyl halides is 1. The van der Waals surface area contributed by atoms with E-state index in [1.54, 1.807) is 109 Å². The largest absolute Gasteiger partial charge is 1.00 e. The molecule has 3 aliphatic heterocycles. The molecule has 16 rings (SSSR count). The van der Waals surface area contributed by atoms with Crippen molar-refractivity contribution in [1.29, 1.82) is 0 Å². The number of ether oxygens (including phenoxy) is 3. The van der Waals surface area contributed by atoms with Crippen LogP contribution in [0.15, 0.2) is 199 Å². The van der Waals surface area contributed by atoms with Crippen LogP contribution in [0.1, 0.15) is 44.3 Å². The molecule has 0 aliphatic carbocycles. The molecule has 7 heterocycles. The smallest absolute Gasteiger partial charge is 1.00 e. The number of halogens is 6. The average molecular weight is 2110 g/mol. The maximum atomic E-state index is 13.6. The van der Waals surface area contributed by atoms with E-state index in [0.29, 0.717) is 108 Å². The van der Waals surface area contributed by atoms with Gasteiger partial charge in [-0.15, -0.1) is 0 Å². The number of hydrogen-bond acceptors (Lipinski definition) is 22. The first-order valence-electron chi connectivity index (χ1n) is 39.3. The van der Waals surface area contributed by atoms with Crippen molar-refractivity contribution >= 4 is 198 Å². The summed E-state index contributed by atoms with van der Waals surface area (Å²) < 4.78 is 53.0. The number of hydrogen-bond donors (Lipinski definition) is 5. The fourth-order valence-electron chi connectivity index (χ4n) is 13.9. The fraction of sp³-hybridized carbons (Fsp3) is 0.261. The van der Waals surface area contributed by atoms with E-state index in [1.165, 1.54) is 16.8 Å². The molecule has 0 amide bonds. The molecule has 4 N–H and O–H groups in total. The summed E-state index contributed by atoms with van der Waals surface area (Å²) in [5.41, 5.74) is 11.7. The summed E-state index contributed by atoms with van der Waals surface area (Å²) in [6, 6.07) is 58.7. The first-order chi connectivity index (χ1) is 60.7. The molecule has 1 radical (unpaired) electrons. The number of benzene rings is 9. The zero-order valence-corrected chi connectivity index (χ0v) is 86.5. The molecule has 0 spiro atoms. The van der Waals surface area contributed by atoms with Gasteiger partial charge >= 0.3 is 125 Å². The Morgan fingerprint density at radius 2 is 0.930 bits per heavy atom. The molecule has 3 aliphatic rings. The van der Waals surface area contributed by atoms with Gasteiger partial charge in [-0.3, -0.25) is 19.1 Å². The Hall–Kier alpha value is -6.98. The monoisotopic (exact) mass is 2110 g/mol. The molecule has 3 saturated heterocycles. The van der Waals surface area contributed by atoms with Crippen LogP contribution in [0, 0.1) is 20.5 Å². The van der Waals surface area contributed by atoms with Crippen LogP contribution in [0.4, 0.5) is 32.8 Å². The number of thiol groups is 1. The summed E-state index contributed by atoms with van der Waals surface area (Å²) in [5, 5.41) is 96.5. The van der Waals surface area contributed by atoms with Crippen LogP contribution in [0.5, 0.6) is 23.0 Å². The van der Waals surface area contributed by atoms with E-state index >= 15 is 0 Å². The van der Waals surface area contributed by atoms with Crippen LogP contribution in [0.3, 0.4) is 0 Å². The molecule has 9 aromatic carbocycles. The second-order valence-corrected chi connectivity index (χ2v) is 34.4. The number of fused-ring (bicyclic) bond motifs is 4. The van der Waals surface area contributed by atoms with Gasteiger partial charge in [-0.05, 0) is 189 Å². The van der Waals surface area contributed by atoms with E-state index in [4.69, 9.17) is 98.4 Å². The van der Waals surface area contributed by atoms with Gasteiger partial charge in [0, 0.05) is 127 Å². The minimum Gasteiger partial charge on any atom is -1.00 e. The number of morpholine rings is 3. The van der Waals surface area contributed by atoms with Crippen LogP contribution in [-0.4, -0.2) is 152 Å². The molecule has 1 unspecified atom stereocenters. The zero-order valence-electron chi connectivity index (χ0n) is 73.9. The number of rotatable bonds is 10. The number of nitrogens with one attached hydrogen (secondary N) is 1. The van der Waals surface area contributed by atoms with Crippen LogP contribution in [0.2, 0.25) is 15.1 Å². The number of aromatic amines is 1. The second kappa shape index (κ2) is 54.3. The Kier molecular flexibility index (Phi) is 45.8. The summed E-state index contributed by atoms with van der Waals surface area (Å²) in [4.78, 5) is 36.3. The maximum Gasteiger partial charge on any atom is 1.00 e. The number of anilines is 3. The fourth-order valence-corrected chi connectivity index (χ4v) is 15.3. The Morgan fingerprint density at radius 1 is 0.594 bits per heavy atom. The number of para-hydroxylation sites is 1. The third kappa shape index (κ3) is 30.8. The van der Waals surface area contributed by atoms with Gasteiger partial charge in [0.2, 0.25) is 16.8 Å². The van der Waals surface area contributed by atoms with Crippen molar-refractivity contribution in [3.8, 4) is 56.6 Å². The van der Waals surface area contributed by atoms with Crippen molar-refractivity contribution in [2.75, 3.05) is 67.8 Å². The number of H-pyrrole nitrogens is 1. The first kappa shape index (κ1) is 108. The van der Waals surface area contributed by atoms with Gasteiger partial charge in [0.15, 0.2) is 47.3 Å². The zero-order chi connectivity index (χ0) is 92.9. The Bertz CT molecular complexity index is 6040. The molecule has 7 atom stereocenters. The predicted octanol–water partition coefficient (Wildman–Crippen LogP) is 6.82. The van der Waals surface area contributed by atoms with Gasteiger partial charge in [0.05, 0.1) is 84.3 Å². The van der Waals surface area contributed by atoms with E-state index in [2.05, 4.69) is 128 Å². The predicted molar refractivity (Wildman–Crippen MR) is 505 cm³/mol. The summed E-state index contributed by atoms with van der Waals surface area (Å²) in [7, 11) is 2.38. The second-order valence-electron chi connectivity index (χ2n) is 28.5. The third-order valence-corrected chi connectivity index (χ3v) is 21.9. The number of carbonyl (C=O) groups is 1. The number of carbonyl (C=O) groups excluding carboxylic acids is 1. The van der Waals surface area contributed by atoms with E-state index in [9.17, 15) is 29.1 Å². The number of aromatic nitrogens is 8. The minimum atomic E-state index is -1.45. The van der Waals surface area contributed by atoms with Gasteiger partial charge in [0.1, 0.15) is 30.2 Å². The molecule has 4 aromatic heterocycles. The molecule has 40 heteroatoms. The van der Waals surface area contributed by atoms with Crippen LogP contribution < -0.4 is 168 Å². The maximum absolute atomic E-state index is 13.6. The van der Waals surface area contributed by atoms with Gasteiger partial charge in [-0.1, -0.05) is 150 Å². The van der Waals surface area contributed by atoms with Gasteiger partial charge in [-0.25, -0.2) is 9.69 Å². The van der Waals surface area contributed by atoms with Gasteiger partial charge < -0.3 is 75.5 Å². The standard InChI is InChI=1S/C28H26N4O2.C21H22ClN3O2.C12H17BNO3.C9H6ClIN2O.C8H4ClIN2O.C7H6BNO2.CH3F.CH2O3.CH3OPS.2K.H/c1-18-16-32(17-19(2)34-18)23-14-10-21(11-15-23)27-28(33)25-7-5-6-24(26(25)30-31(27)4)20-8-12-22(29-3)13-9-20;1-13-11-25(12-14(2)27-13)16-9-7-15(8-10-16)20-21(26)17-5-4-6-18(22)19(17)23-24(20)3;1-9-7-14(8-10(2)16-9)11-3-5-12(6-4-11)17-13-15;1-13-9(11)8(14)5-3-2-4-6(10)7(5)12-13;9-5-3-1-2-4-6(5)11-12-8(10)7(4)13;1-9-7-4-2-6(3-5-7)8(10)11;1-2;2-1-4-3;1-3(2)4;;;/h5-15,18-19H,16-17H2,1-2,4H3;4-10,13-14H,11-12H2,1-3H3;3-6,9-10,15H,7-8H2,1-2H3;2-4H,1H3;1-3H,(H,11,13);2-5,10-11H;1H3;1,3H;1H3;;;/q;;;;;;;;;2*+1;-1/t18-,19+;13-,14+;9-,10+;;;;;;;;;/i;;;;;;1D;;;;;. The Balaban J connectivity index is 0.000000279. The quantitative estimate of drug-likeness (QED) is 0.0108. The molecule has 3 fully saturated rings. The molecule has 28 nitrogen and oxygen atoms in total. The third-order valence-electron chi connectivity index (χ3n) is 19.1. The van der Waals surface area contributed by atoms with E-state index in [0.717, 1.165) is 78.6 Å². The van der Waals surface area contributed by atoms with E-state index in [-0.39, 0.29) is 170 Å². The van der Waals surface area contributed by atoms with Crippen LogP contribution >= 0.6 is 99.2 Å². The van der Waals surface area contributed by atoms with E-state index in [1.807, 2.05) is 131 Å². The van der Waals surface area contributed by atoms with Crippen molar-refractivity contribution in [1.82, 2.24) is 25.5 Å². The average Bonchev–Trinajstić information content (AvgIpc) is 0.846. The molecule has 0 bridgehead atoms. The van der Waals surface area contributed by atoms with Crippen molar-refractivity contribution in [3.05, 3.63) is 250 Å². The van der Waals surface area contributed by atoms with Gasteiger partial charge in [0.25, 0.3) is 10.2 Å².